The molecule has 7 nitrogen and oxygen atoms in total. The summed E-state index contributed by atoms with van der Waals surface area (Å²) in [7, 11) is 5.52. The zero-order valence-corrected chi connectivity index (χ0v) is 18.5. The zero-order chi connectivity index (χ0) is 17.8. The second kappa shape index (κ2) is 14.5. The molecule has 1 fully saturated rings. The molecule has 148 valence electrons. The Bertz CT molecular complexity index is 387. The molecule has 1 heterocycles. The number of ether oxygens (including phenoxy) is 1. The van der Waals surface area contributed by atoms with Crippen LogP contribution in [0.4, 0.5) is 0 Å². The third-order valence-corrected chi connectivity index (χ3v) is 4.42. The van der Waals surface area contributed by atoms with Crippen molar-refractivity contribution < 1.29 is 9.53 Å². The number of carbonyl (C=O) groups excluding carboxylic acids is 1. The largest absolute Gasteiger partial charge is 0.383 e. The number of halogens is 1. The van der Waals surface area contributed by atoms with Crippen molar-refractivity contribution in [3.63, 3.8) is 0 Å². The van der Waals surface area contributed by atoms with Gasteiger partial charge in [-0.3, -0.25) is 9.79 Å². The lowest BCUT2D eigenvalue weighted by molar-refractivity contribution is -0.121. The van der Waals surface area contributed by atoms with Crippen LogP contribution in [0.3, 0.4) is 0 Å². The summed E-state index contributed by atoms with van der Waals surface area (Å²) in [6, 6.07) is 0. The van der Waals surface area contributed by atoms with Crippen molar-refractivity contribution in [3.05, 3.63) is 0 Å². The van der Waals surface area contributed by atoms with Gasteiger partial charge in [-0.25, -0.2) is 0 Å². The van der Waals surface area contributed by atoms with E-state index in [4.69, 9.17) is 9.73 Å². The van der Waals surface area contributed by atoms with Crippen molar-refractivity contribution in [2.75, 3.05) is 67.1 Å². The molecule has 2 N–H and O–H groups in total. The van der Waals surface area contributed by atoms with Gasteiger partial charge in [0.05, 0.1) is 13.2 Å². The van der Waals surface area contributed by atoms with Gasteiger partial charge < -0.3 is 25.2 Å². The number of carbonyl (C=O) groups is 1. The van der Waals surface area contributed by atoms with Crippen LogP contribution in [0.15, 0.2) is 4.99 Å². The van der Waals surface area contributed by atoms with Crippen LogP contribution in [0, 0.1) is 5.92 Å². The molecule has 1 aliphatic rings. The molecule has 0 aromatic heterocycles. The highest BCUT2D eigenvalue weighted by Gasteiger charge is 2.22. The van der Waals surface area contributed by atoms with Crippen molar-refractivity contribution in [3.8, 4) is 0 Å². The average molecular weight is 469 g/mol. The predicted octanol–water partition coefficient (Wildman–Crippen LogP) is 0.996. The van der Waals surface area contributed by atoms with E-state index in [-0.39, 0.29) is 29.9 Å². The van der Waals surface area contributed by atoms with Gasteiger partial charge in [-0.2, -0.15) is 0 Å². The molecule has 25 heavy (non-hydrogen) atoms. The fourth-order valence-electron chi connectivity index (χ4n) is 2.82. The summed E-state index contributed by atoms with van der Waals surface area (Å²) in [4.78, 5) is 20.8. The first-order valence-corrected chi connectivity index (χ1v) is 9.02. The van der Waals surface area contributed by atoms with Gasteiger partial charge in [-0.1, -0.05) is 0 Å². The van der Waals surface area contributed by atoms with Crippen molar-refractivity contribution in [2.24, 2.45) is 10.9 Å². The molecular weight excluding hydrogens is 433 g/mol. The Balaban J connectivity index is 0.00000576. The molecule has 0 bridgehead atoms. The number of rotatable bonds is 9. The Kier molecular flexibility index (Phi) is 14.2. The fourth-order valence-corrected chi connectivity index (χ4v) is 2.82. The van der Waals surface area contributed by atoms with Crippen LogP contribution in [0.1, 0.15) is 26.2 Å². The maximum Gasteiger partial charge on any atom is 0.220 e. The van der Waals surface area contributed by atoms with Crippen LogP contribution < -0.4 is 10.6 Å². The number of hydrogen-bond donors (Lipinski definition) is 2. The Morgan fingerprint density at radius 3 is 2.56 bits per heavy atom. The second-order valence-electron chi connectivity index (χ2n) is 6.34. The van der Waals surface area contributed by atoms with E-state index in [0.29, 0.717) is 12.3 Å². The summed E-state index contributed by atoms with van der Waals surface area (Å²) in [5, 5.41) is 6.11. The van der Waals surface area contributed by atoms with Gasteiger partial charge in [0.1, 0.15) is 0 Å². The van der Waals surface area contributed by atoms with Crippen LogP contribution in [0.2, 0.25) is 0 Å². The Labute approximate surface area is 170 Å². The van der Waals surface area contributed by atoms with Crippen LogP contribution in [0.5, 0.6) is 0 Å². The molecule has 8 heteroatoms. The van der Waals surface area contributed by atoms with Crippen LogP contribution in [-0.2, 0) is 9.53 Å². The molecule has 1 amide bonds. The molecule has 0 unspecified atom stereocenters. The number of aliphatic imine (C=N–C) groups is 1. The van der Waals surface area contributed by atoms with Crippen molar-refractivity contribution in [2.45, 2.75) is 26.2 Å². The van der Waals surface area contributed by atoms with Crippen molar-refractivity contribution in [1.29, 1.82) is 0 Å². The molecule has 0 spiro atoms. The number of amides is 1. The van der Waals surface area contributed by atoms with E-state index in [1.54, 1.807) is 14.2 Å². The topological polar surface area (TPSA) is 69.2 Å². The van der Waals surface area contributed by atoms with Gasteiger partial charge >= 0.3 is 0 Å². The summed E-state index contributed by atoms with van der Waals surface area (Å²) >= 11 is 0. The first-order valence-electron chi connectivity index (χ1n) is 9.02. The Hall–Kier alpha value is -0.610. The second-order valence-corrected chi connectivity index (χ2v) is 6.34. The number of methoxy groups -OCH3 is 1. The lowest BCUT2D eigenvalue weighted by atomic mass is 9.93. The minimum Gasteiger partial charge on any atom is -0.383 e. The molecule has 0 atom stereocenters. The highest BCUT2D eigenvalue weighted by Crippen LogP contribution is 2.20. The molecule has 0 aromatic carbocycles. The molecule has 0 aliphatic carbocycles. The van der Waals surface area contributed by atoms with Crippen LogP contribution in [0.25, 0.3) is 0 Å². The summed E-state index contributed by atoms with van der Waals surface area (Å²) < 4.78 is 5.09. The number of hydrogen-bond acceptors (Lipinski definition) is 4. The van der Waals surface area contributed by atoms with Crippen molar-refractivity contribution in [1.82, 2.24) is 20.4 Å². The van der Waals surface area contributed by atoms with Gasteiger partial charge in [0.2, 0.25) is 5.91 Å². The summed E-state index contributed by atoms with van der Waals surface area (Å²) in [6.07, 6.45) is 2.74. The van der Waals surface area contributed by atoms with E-state index in [1.807, 2.05) is 0 Å². The van der Waals surface area contributed by atoms with E-state index in [2.05, 4.69) is 34.4 Å². The SMILES string of the molecule is CCNC(=NCCN(C)CCOC)N1CCC(CC(=O)NC)CC1.I. The van der Waals surface area contributed by atoms with Gasteiger partial charge in [0.15, 0.2) is 5.96 Å². The molecule has 0 aromatic rings. The van der Waals surface area contributed by atoms with E-state index >= 15 is 0 Å². The number of guanidine groups is 1. The summed E-state index contributed by atoms with van der Waals surface area (Å²) in [5.41, 5.74) is 0. The van der Waals surface area contributed by atoms with Gasteiger partial charge in [0, 0.05) is 53.3 Å². The predicted molar refractivity (Wildman–Crippen MR) is 114 cm³/mol. The molecule has 1 saturated heterocycles. The molecule has 1 rings (SSSR count). The zero-order valence-electron chi connectivity index (χ0n) is 16.2. The average Bonchev–Trinajstić information content (AvgIpc) is 2.59. The van der Waals surface area contributed by atoms with E-state index in [9.17, 15) is 4.79 Å². The number of likely N-dealkylation sites (N-methyl/N-ethyl adjacent to an activating group) is 1. The lowest BCUT2D eigenvalue weighted by Gasteiger charge is -2.34. The first kappa shape index (κ1) is 24.4. The fraction of sp³-hybridized carbons (Fsp3) is 0.882. The van der Waals surface area contributed by atoms with E-state index in [0.717, 1.165) is 64.7 Å². The van der Waals surface area contributed by atoms with Crippen LogP contribution >= 0.6 is 24.0 Å². The third-order valence-electron chi connectivity index (χ3n) is 4.42. The monoisotopic (exact) mass is 469 g/mol. The highest BCUT2D eigenvalue weighted by molar-refractivity contribution is 14.0. The Morgan fingerprint density at radius 1 is 1.32 bits per heavy atom. The smallest absolute Gasteiger partial charge is 0.220 e. The van der Waals surface area contributed by atoms with Crippen molar-refractivity contribution >= 4 is 35.8 Å². The lowest BCUT2D eigenvalue weighted by Crippen LogP contribution is -2.46. The third kappa shape index (κ3) is 10.2. The molecule has 0 saturated carbocycles. The van der Waals surface area contributed by atoms with Crippen LogP contribution in [-0.4, -0.2) is 88.7 Å². The number of nitrogens with one attached hydrogen (secondary N) is 2. The highest BCUT2D eigenvalue weighted by atomic mass is 127. The number of piperidine rings is 1. The van der Waals surface area contributed by atoms with Gasteiger partial charge in [-0.05, 0) is 32.7 Å². The summed E-state index contributed by atoms with van der Waals surface area (Å²) in [6.45, 7) is 8.27. The Morgan fingerprint density at radius 2 is 2.00 bits per heavy atom. The van der Waals surface area contributed by atoms with Gasteiger partial charge in [0.25, 0.3) is 0 Å². The van der Waals surface area contributed by atoms with E-state index < -0.39 is 0 Å². The first-order chi connectivity index (χ1) is 11.6. The number of likely N-dealkylation sites (tertiary alicyclic amines) is 1. The quantitative estimate of drug-likeness (QED) is 0.300. The minimum atomic E-state index is 0. The molecular formula is C17H36IN5O2. The van der Waals surface area contributed by atoms with E-state index in [1.165, 1.54) is 0 Å². The minimum absolute atomic E-state index is 0. The number of nitrogens with zero attached hydrogens (tertiary/aromatic N) is 3. The maximum absolute atomic E-state index is 11.5. The molecule has 0 radical (unpaired) electrons. The summed E-state index contributed by atoms with van der Waals surface area (Å²) in [5.74, 6) is 1.63. The maximum atomic E-state index is 11.5. The normalized spacial score (nSPS) is 15.9. The molecule has 1 aliphatic heterocycles. The van der Waals surface area contributed by atoms with Gasteiger partial charge in [-0.15, -0.1) is 24.0 Å². The standard InChI is InChI=1S/C17H35N5O2.HI/c1-5-19-17(20-8-11-21(3)12-13-24-4)22-9-6-15(7-10-22)14-16(23)18-2;/h15H,5-14H2,1-4H3,(H,18,23)(H,19,20);1H.